The molecule has 0 spiro atoms. The lowest BCUT2D eigenvalue weighted by molar-refractivity contribution is -0.313. The third-order valence-corrected chi connectivity index (χ3v) is 6.29. The second-order valence-corrected chi connectivity index (χ2v) is 7.82. The van der Waals surface area contributed by atoms with Crippen LogP contribution < -0.4 is 5.73 Å². The molecule has 3 fully saturated rings. The monoisotopic (exact) mass is 336 g/mol. The molecular formula is C20H24N4O. The van der Waals surface area contributed by atoms with Crippen molar-refractivity contribution in [2.75, 3.05) is 12.3 Å². The van der Waals surface area contributed by atoms with Crippen LogP contribution in [0.3, 0.4) is 0 Å². The second-order valence-electron chi connectivity index (χ2n) is 7.82. The molecule has 1 aromatic heterocycles. The normalized spacial score (nSPS) is 33.7. The summed E-state index contributed by atoms with van der Waals surface area (Å²) in [6.07, 6.45) is 7.59. The molecule has 5 heteroatoms. The second kappa shape index (κ2) is 5.51. The topological polar surface area (TPSA) is 64.3 Å². The fourth-order valence-corrected chi connectivity index (χ4v) is 5.16. The zero-order chi connectivity index (χ0) is 17.0. The van der Waals surface area contributed by atoms with Crippen LogP contribution in [-0.4, -0.2) is 27.6 Å². The maximum atomic E-state index is 6.62. The van der Waals surface area contributed by atoms with Crippen molar-refractivity contribution in [3.63, 3.8) is 0 Å². The lowest BCUT2D eigenvalue weighted by atomic mass is 9.63. The van der Waals surface area contributed by atoms with Gasteiger partial charge >= 0.3 is 0 Å². The first-order chi connectivity index (χ1) is 12.2. The summed E-state index contributed by atoms with van der Waals surface area (Å²) in [6.45, 7) is 4.08. The molecule has 2 saturated heterocycles. The van der Waals surface area contributed by atoms with Crippen LogP contribution in [0.15, 0.2) is 36.7 Å². The molecule has 2 aromatic rings. The maximum absolute atomic E-state index is 6.62. The summed E-state index contributed by atoms with van der Waals surface area (Å²) >= 11 is 0. The Morgan fingerprint density at radius 3 is 2.76 bits per heavy atom. The number of hydrogen-bond donors (Lipinski definition) is 1. The van der Waals surface area contributed by atoms with Gasteiger partial charge in [-0.05, 0) is 37.7 Å². The van der Waals surface area contributed by atoms with E-state index in [9.17, 15) is 0 Å². The molecule has 3 heterocycles. The minimum absolute atomic E-state index is 0.0619. The Bertz CT molecular complexity index is 775. The summed E-state index contributed by atoms with van der Waals surface area (Å²) < 4.78 is 6.62. The number of nitrogens with two attached hydrogens (primary N) is 1. The van der Waals surface area contributed by atoms with Gasteiger partial charge in [-0.25, -0.2) is 9.97 Å². The molecule has 5 nitrogen and oxygen atoms in total. The van der Waals surface area contributed by atoms with Crippen molar-refractivity contribution in [1.82, 2.24) is 14.9 Å². The van der Waals surface area contributed by atoms with Crippen LogP contribution in [-0.2, 0) is 16.9 Å². The van der Waals surface area contributed by atoms with E-state index in [2.05, 4.69) is 46.1 Å². The molecule has 25 heavy (non-hydrogen) atoms. The minimum Gasteiger partial charge on any atom is -0.368 e. The van der Waals surface area contributed by atoms with E-state index in [1.807, 2.05) is 12.4 Å². The van der Waals surface area contributed by atoms with Crippen LogP contribution in [0.25, 0.3) is 0 Å². The highest BCUT2D eigenvalue weighted by Gasteiger charge is 2.65. The highest BCUT2D eigenvalue weighted by molar-refractivity contribution is 5.32. The van der Waals surface area contributed by atoms with E-state index in [1.54, 1.807) is 0 Å². The van der Waals surface area contributed by atoms with Gasteiger partial charge in [0, 0.05) is 37.0 Å². The number of nitrogens with zero attached hydrogens (tertiary/aromatic N) is 3. The molecule has 2 N–H and O–H groups in total. The molecular weight excluding hydrogens is 312 g/mol. The molecule has 0 radical (unpaired) electrons. The van der Waals surface area contributed by atoms with Gasteiger partial charge in [0.05, 0.1) is 0 Å². The predicted molar refractivity (Wildman–Crippen MR) is 95.4 cm³/mol. The largest absolute Gasteiger partial charge is 0.368 e. The molecule has 4 atom stereocenters. The van der Waals surface area contributed by atoms with Crippen molar-refractivity contribution in [1.29, 1.82) is 0 Å². The zero-order valence-electron chi connectivity index (χ0n) is 14.6. The van der Waals surface area contributed by atoms with Gasteiger partial charge in [0.25, 0.3) is 0 Å². The average Bonchev–Trinajstić information content (AvgIpc) is 2.92. The highest BCUT2D eigenvalue weighted by atomic mass is 16.6. The van der Waals surface area contributed by atoms with Gasteiger partial charge in [-0.15, -0.1) is 0 Å². The zero-order valence-corrected chi connectivity index (χ0v) is 14.6. The van der Waals surface area contributed by atoms with Crippen LogP contribution in [0.1, 0.15) is 36.0 Å². The van der Waals surface area contributed by atoms with Gasteiger partial charge in [-0.3, -0.25) is 4.90 Å². The quantitative estimate of drug-likeness (QED) is 0.934. The summed E-state index contributed by atoms with van der Waals surface area (Å²) in [5, 5.41) is 0. The summed E-state index contributed by atoms with van der Waals surface area (Å²) in [4.78, 5) is 10.7. The van der Waals surface area contributed by atoms with Gasteiger partial charge in [0.15, 0.2) is 0 Å². The molecule has 0 amide bonds. The first-order valence-electron chi connectivity index (χ1n) is 9.21. The van der Waals surface area contributed by atoms with E-state index in [0.717, 1.165) is 31.0 Å². The molecule has 5 rings (SSSR count). The lowest BCUT2D eigenvalue weighted by Crippen LogP contribution is -2.61. The smallest absolute Gasteiger partial charge is 0.219 e. The van der Waals surface area contributed by atoms with Crippen molar-refractivity contribution in [3.05, 3.63) is 53.3 Å². The number of aryl methyl sites for hydroxylation is 1. The Balaban J connectivity index is 1.40. The fraction of sp³-hybridized carbons (Fsp3) is 0.500. The van der Waals surface area contributed by atoms with Crippen LogP contribution in [0.5, 0.6) is 0 Å². The van der Waals surface area contributed by atoms with E-state index in [4.69, 9.17) is 10.5 Å². The fourth-order valence-electron chi connectivity index (χ4n) is 5.16. The number of hydrogen-bond acceptors (Lipinski definition) is 5. The van der Waals surface area contributed by atoms with Crippen molar-refractivity contribution in [3.8, 4) is 0 Å². The molecule has 130 valence electrons. The highest BCUT2D eigenvalue weighted by Crippen LogP contribution is 2.61. The van der Waals surface area contributed by atoms with E-state index in [1.165, 1.54) is 24.0 Å². The van der Waals surface area contributed by atoms with Gasteiger partial charge < -0.3 is 10.5 Å². The first kappa shape index (κ1) is 15.3. The summed E-state index contributed by atoms with van der Waals surface area (Å²) in [5.41, 5.74) is 9.30. The lowest BCUT2D eigenvalue weighted by Gasteiger charge is -2.57. The number of benzene rings is 1. The Morgan fingerprint density at radius 1 is 1.24 bits per heavy atom. The van der Waals surface area contributed by atoms with E-state index >= 15 is 0 Å². The van der Waals surface area contributed by atoms with E-state index in [0.29, 0.717) is 11.9 Å². The van der Waals surface area contributed by atoms with Gasteiger partial charge in [-0.2, -0.15) is 0 Å². The Morgan fingerprint density at radius 2 is 2.00 bits per heavy atom. The predicted octanol–water partition coefficient (Wildman–Crippen LogP) is 2.85. The third-order valence-electron chi connectivity index (χ3n) is 6.29. The van der Waals surface area contributed by atoms with E-state index in [-0.39, 0.29) is 11.8 Å². The van der Waals surface area contributed by atoms with Crippen LogP contribution >= 0.6 is 0 Å². The van der Waals surface area contributed by atoms with Gasteiger partial charge in [0.1, 0.15) is 11.8 Å². The van der Waals surface area contributed by atoms with Crippen molar-refractivity contribution in [2.24, 2.45) is 11.8 Å². The molecule has 1 aliphatic carbocycles. The van der Waals surface area contributed by atoms with Crippen LogP contribution in [0, 0.1) is 18.8 Å². The number of aromatic nitrogens is 2. The maximum Gasteiger partial charge on any atom is 0.219 e. The standard InChI is InChI=1S/C20H24N4O/c1-13-4-6-16(7-5-13)20-8-2-3-15-12-24(18(25-20)17(15)20)11-14-9-22-19(21)23-10-14/h4-7,9-10,15,17-18H,2-3,8,11-12H2,1H3,(H2,21,22,23)/t15-,17-,18+,20+/m1/s1. The first-order valence-corrected chi connectivity index (χ1v) is 9.21. The summed E-state index contributed by atoms with van der Waals surface area (Å²) in [7, 11) is 0. The molecule has 3 aliphatic rings. The number of likely N-dealkylation sites (tertiary alicyclic amines) is 1. The molecule has 1 saturated carbocycles. The number of rotatable bonds is 3. The van der Waals surface area contributed by atoms with Crippen molar-refractivity contribution >= 4 is 5.95 Å². The van der Waals surface area contributed by atoms with Gasteiger partial charge in [0.2, 0.25) is 5.95 Å². The number of anilines is 1. The molecule has 2 aliphatic heterocycles. The third kappa shape index (κ3) is 2.29. The van der Waals surface area contributed by atoms with Crippen LogP contribution in [0.2, 0.25) is 0 Å². The van der Waals surface area contributed by atoms with E-state index < -0.39 is 0 Å². The summed E-state index contributed by atoms with van der Waals surface area (Å²) in [6, 6.07) is 8.96. The Kier molecular flexibility index (Phi) is 3.37. The Labute approximate surface area is 148 Å². The molecule has 0 bridgehead atoms. The van der Waals surface area contributed by atoms with Crippen molar-refractivity contribution < 1.29 is 4.74 Å². The average molecular weight is 336 g/mol. The van der Waals surface area contributed by atoms with Gasteiger partial charge in [-0.1, -0.05) is 29.8 Å². The SMILES string of the molecule is Cc1ccc([C@]23CCC[C@@H]4CN(Cc5cnc(N)nc5)[C@@H](O2)[C@@H]43)cc1. The minimum atomic E-state index is -0.0619. The summed E-state index contributed by atoms with van der Waals surface area (Å²) in [5.74, 6) is 1.67. The van der Waals surface area contributed by atoms with Crippen LogP contribution in [0.4, 0.5) is 5.95 Å². The Hall–Kier alpha value is -1.98. The number of nitrogen functional groups attached to an aromatic ring is 1. The van der Waals surface area contributed by atoms with Crippen molar-refractivity contribution in [2.45, 2.75) is 44.6 Å². The molecule has 0 unspecified atom stereocenters. The number of ether oxygens (including phenoxy) is 1. The molecule has 1 aromatic carbocycles.